The van der Waals surface area contributed by atoms with Crippen molar-refractivity contribution in [1.29, 1.82) is 0 Å². The Labute approximate surface area is 142 Å². The molecular formula is C19H22ClNO2. The minimum atomic E-state index is 0.00185. The fourth-order valence-electron chi connectivity index (χ4n) is 2.13. The van der Waals surface area contributed by atoms with Crippen LogP contribution in [0.3, 0.4) is 0 Å². The fraction of sp³-hybridized carbons (Fsp3) is 0.316. The number of hydrogen-bond acceptors (Lipinski definition) is 2. The molecule has 0 aromatic heterocycles. The molecule has 0 aliphatic rings. The maximum absolute atomic E-state index is 11.9. The van der Waals surface area contributed by atoms with Gasteiger partial charge in [0.25, 0.3) is 0 Å². The normalized spacial score (nSPS) is 10.6. The summed E-state index contributed by atoms with van der Waals surface area (Å²) in [4.78, 5) is 11.9. The lowest BCUT2D eigenvalue weighted by Crippen LogP contribution is -2.12. The molecule has 1 amide bonds. The highest BCUT2D eigenvalue weighted by molar-refractivity contribution is 6.30. The van der Waals surface area contributed by atoms with Crippen LogP contribution in [0.1, 0.15) is 38.2 Å². The Hall–Kier alpha value is -2.00. The molecule has 0 saturated heterocycles. The van der Waals surface area contributed by atoms with Crippen molar-refractivity contribution in [3.63, 3.8) is 0 Å². The predicted octanol–water partition coefficient (Wildman–Crippen LogP) is 5.26. The van der Waals surface area contributed by atoms with Crippen molar-refractivity contribution >= 4 is 23.2 Å². The number of hydrogen-bond donors (Lipinski definition) is 1. The number of carbonyl (C=O) groups excluding carboxylic acids is 1. The van der Waals surface area contributed by atoms with Crippen LogP contribution in [0.5, 0.6) is 5.75 Å². The summed E-state index contributed by atoms with van der Waals surface area (Å²) in [5.74, 6) is 1.26. The van der Waals surface area contributed by atoms with Gasteiger partial charge in [-0.3, -0.25) is 4.79 Å². The van der Waals surface area contributed by atoms with E-state index in [2.05, 4.69) is 19.2 Å². The van der Waals surface area contributed by atoms with Crippen LogP contribution in [0.2, 0.25) is 5.02 Å². The van der Waals surface area contributed by atoms with Gasteiger partial charge in [0, 0.05) is 17.1 Å². The first-order chi connectivity index (χ1) is 11.0. The molecule has 0 bridgehead atoms. The number of nitrogens with one attached hydrogen (secondary N) is 1. The molecule has 0 heterocycles. The summed E-state index contributed by atoms with van der Waals surface area (Å²) in [7, 11) is 0. The van der Waals surface area contributed by atoms with Gasteiger partial charge in [0.15, 0.2) is 0 Å². The summed E-state index contributed by atoms with van der Waals surface area (Å²) in [6, 6.07) is 15.2. The third-order valence-corrected chi connectivity index (χ3v) is 3.74. The standard InChI is InChI=1S/C19H22ClNO2/c1-14(2)15-5-9-17(10-6-15)21-19(22)4-3-13-23-18-11-7-16(20)8-12-18/h5-12,14H,3-4,13H2,1-2H3,(H,21,22). The second kappa shape index (κ2) is 8.59. The van der Waals surface area contributed by atoms with E-state index in [4.69, 9.17) is 16.3 Å². The van der Waals surface area contributed by atoms with E-state index < -0.39 is 0 Å². The summed E-state index contributed by atoms with van der Waals surface area (Å²) in [6.07, 6.45) is 1.10. The Morgan fingerprint density at radius 1 is 1.09 bits per heavy atom. The minimum Gasteiger partial charge on any atom is -0.494 e. The lowest BCUT2D eigenvalue weighted by Gasteiger charge is -2.09. The summed E-state index contributed by atoms with van der Waals surface area (Å²) in [5.41, 5.74) is 2.09. The third kappa shape index (κ3) is 5.95. The lowest BCUT2D eigenvalue weighted by atomic mass is 10.0. The quantitative estimate of drug-likeness (QED) is 0.703. The number of carbonyl (C=O) groups is 1. The lowest BCUT2D eigenvalue weighted by molar-refractivity contribution is -0.116. The van der Waals surface area contributed by atoms with Gasteiger partial charge in [-0.1, -0.05) is 37.6 Å². The Morgan fingerprint density at radius 3 is 2.35 bits per heavy atom. The summed E-state index contributed by atoms with van der Waals surface area (Å²) in [6.45, 7) is 4.80. The van der Waals surface area contributed by atoms with Gasteiger partial charge in [-0.15, -0.1) is 0 Å². The Morgan fingerprint density at radius 2 is 1.74 bits per heavy atom. The van der Waals surface area contributed by atoms with Gasteiger partial charge in [0.05, 0.1) is 6.61 Å². The molecule has 0 aliphatic carbocycles. The van der Waals surface area contributed by atoms with Crippen LogP contribution in [0.4, 0.5) is 5.69 Å². The SMILES string of the molecule is CC(C)c1ccc(NC(=O)CCCOc2ccc(Cl)cc2)cc1. The number of benzene rings is 2. The van der Waals surface area contributed by atoms with Crippen molar-refractivity contribution in [2.24, 2.45) is 0 Å². The van der Waals surface area contributed by atoms with E-state index >= 15 is 0 Å². The topological polar surface area (TPSA) is 38.3 Å². The van der Waals surface area contributed by atoms with Gasteiger partial charge >= 0.3 is 0 Å². The highest BCUT2D eigenvalue weighted by atomic mass is 35.5. The molecule has 2 aromatic rings. The molecule has 0 fully saturated rings. The van der Waals surface area contributed by atoms with Crippen molar-refractivity contribution in [1.82, 2.24) is 0 Å². The molecule has 23 heavy (non-hydrogen) atoms. The van der Waals surface area contributed by atoms with E-state index in [9.17, 15) is 4.79 Å². The molecule has 0 aliphatic heterocycles. The summed E-state index contributed by atoms with van der Waals surface area (Å²) < 4.78 is 5.57. The smallest absolute Gasteiger partial charge is 0.224 e. The van der Waals surface area contributed by atoms with Gasteiger partial charge in [0.2, 0.25) is 5.91 Å². The molecule has 0 saturated carbocycles. The van der Waals surface area contributed by atoms with Gasteiger partial charge in [-0.25, -0.2) is 0 Å². The zero-order chi connectivity index (χ0) is 16.7. The first kappa shape index (κ1) is 17.4. The largest absolute Gasteiger partial charge is 0.494 e. The first-order valence-electron chi connectivity index (χ1n) is 7.83. The average molecular weight is 332 g/mol. The molecule has 0 unspecified atom stereocenters. The third-order valence-electron chi connectivity index (χ3n) is 3.49. The van der Waals surface area contributed by atoms with E-state index in [1.165, 1.54) is 5.56 Å². The fourth-order valence-corrected chi connectivity index (χ4v) is 2.25. The summed E-state index contributed by atoms with van der Waals surface area (Å²) in [5, 5.41) is 3.58. The number of ether oxygens (including phenoxy) is 1. The molecule has 2 aromatic carbocycles. The minimum absolute atomic E-state index is 0.00185. The van der Waals surface area contributed by atoms with Crippen molar-refractivity contribution in [2.75, 3.05) is 11.9 Å². The molecule has 2 rings (SSSR count). The number of anilines is 1. The molecule has 1 N–H and O–H groups in total. The van der Waals surface area contributed by atoms with Gasteiger partial charge in [0.1, 0.15) is 5.75 Å². The number of rotatable bonds is 7. The van der Waals surface area contributed by atoms with Gasteiger partial charge in [-0.05, 0) is 54.3 Å². The monoisotopic (exact) mass is 331 g/mol. The zero-order valence-electron chi connectivity index (χ0n) is 13.5. The number of amides is 1. The van der Waals surface area contributed by atoms with Crippen LogP contribution in [0.15, 0.2) is 48.5 Å². The zero-order valence-corrected chi connectivity index (χ0v) is 14.3. The second-order valence-electron chi connectivity index (χ2n) is 5.73. The molecule has 0 spiro atoms. The first-order valence-corrected chi connectivity index (χ1v) is 8.20. The molecule has 0 atom stereocenters. The van der Waals surface area contributed by atoms with Crippen molar-refractivity contribution in [3.8, 4) is 5.75 Å². The van der Waals surface area contributed by atoms with Crippen molar-refractivity contribution in [2.45, 2.75) is 32.6 Å². The molecule has 4 heteroatoms. The van der Waals surface area contributed by atoms with E-state index in [1.807, 2.05) is 36.4 Å². The van der Waals surface area contributed by atoms with Gasteiger partial charge in [-0.2, -0.15) is 0 Å². The Bertz CT molecular complexity index is 621. The molecular weight excluding hydrogens is 310 g/mol. The van der Waals surface area contributed by atoms with Gasteiger partial charge < -0.3 is 10.1 Å². The van der Waals surface area contributed by atoms with E-state index in [1.54, 1.807) is 12.1 Å². The van der Waals surface area contributed by atoms with Crippen LogP contribution in [0.25, 0.3) is 0 Å². The summed E-state index contributed by atoms with van der Waals surface area (Å²) >= 11 is 5.81. The highest BCUT2D eigenvalue weighted by Crippen LogP contribution is 2.18. The van der Waals surface area contributed by atoms with Crippen LogP contribution in [0, 0.1) is 0 Å². The van der Waals surface area contributed by atoms with Crippen LogP contribution >= 0.6 is 11.6 Å². The number of halogens is 1. The van der Waals surface area contributed by atoms with Crippen LogP contribution < -0.4 is 10.1 Å². The van der Waals surface area contributed by atoms with Crippen molar-refractivity contribution in [3.05, 3.63) is 59.1 Å². The van der Waals surface area contributed by atoms with Crippen LogP contribution in [-0.2, 0) is 4.79 Å². The van der Waals surface area contributed by atoms with E-state index in [0.29, 0.717) is 30.4 Å². The Kier molecular flexibility index (Phi) is 6.48. The van der Waals surface area contributed by atoms with E-state index in [0.717, 1.165) is 11.4 Å². The highest BCUT2D eigenvalue weighted by Gasteiger charge is 2.04. The second-order valence-corrected chi connectivity index (χ2v) is 6.17. The maximum atomic E-state index is 11.9. The maximum Gasteiger partial charge on any atom is 0.224 e. The molecule has 0 radical (unpaired) electrons. The molecule has 3 nitrogen and oxygen atoms in total. The predicted molar refractivity (Wildman–Crippen MR) is 95.3 cm³/mol. The Balaban J connectivity index is 1.69. The van der Waals surface area contributed by atoms with Crippen LogP contribution in [-0.4, -0.2) is 12.5 Å². The average Bonchev–Trinajstić information content (AvgIpc) is 2.54. The molecule has 122 valence electrons. The van der Waals surface area contributed by atoms with Crippen molar-refractivity contribution < 1.29 is 9.53 Å². The van der Waals surface area contributed by atoms with E-state index in [-0.39, 0.29) is 5.91 Å².